The van der Waals surface area contributed by atoms with Crippen molar-refractivity contribution in [3.63, 3.8) is 0 Å². The maximum Gasteiger partial charge on any atom is 0.411 e. The van der Waals surface area contributed by atoms with Crippen molar-refractivity contribution >= 4 is 18.1 Å². The van der Waals surface area contributed by atoms with Gasteiger partial charge in [-0.05, 0) is 47.5 Å². The van der Waals surface area contributed by atoms with Crippen molar-refractivity contribution in [3.8, 4) is 0 Å². The van der Waals surface area contributed by atoms with Gasteiger partial charge in [-0.2, -0.15) is 0 Å². The lowest BCUT2D eigenvalue weighted by molar-refractivity contribution is -0.250. The maximum absolute atomic E-state index is 13.4. The SMILES string of the molecule is COC(C=O)(OC)N1CC(NC(=O)OCc2ccccc2)=CC=C1c1ccc(F)cc1. The van der Waals surface area contributed by atoms with Crippen LogP contribution in [-0.2, 0) is 25.6 Å². The molecular formula is C23H23FN2O5. The van der Waals surface area contributed by atoms with E-state index < -0.39 is 12.0 Å². The molecule has 0 saturated heterocycles. The predicted molar refractivity (Wildman–Crippen MR) is 112 cm³/mol. The number of nitrogens with one attached hydrogen (secondary N) is 1. The Hall–Kier alpha value is -3.49. The van der Waals surface area contributed by atoms with Crippen LogP contribution in [0.15, 0.2) is 72.4 Å². The highest BCUT2D eigenvalue weighted by Crippen LogP contribution is 2.31. The minimum absolute atomic E-state index is 0.0735. The first-order valence-corrected chi connectivity index (χ1v) is 9.50. The normalized spacial score (nSPS) is 13.8. The molecule has 2 aromatic rings. The highest BCUT2D eigenvalue weighted by molar-refractivity contribution is 5.75. The van der Waals surface area contributed by atoms with Gasteiger partial charge in [0.2, 0.25) is 6.29 Å². The van der Waals surface area contributed by atoms with Gasteiger partial charge in [-0.3, -0.25) is 10.1 Å². The molecule has 7 nitrogen and oxygen atoms in total. The molecule has 1 aliphatic heterocycles. The van der Waals surface area contributed by atoms with Crippen molar-refractivity contribution in [2.24, 2.45) is 0 Å². The van der Waals surface area contributed by atoms with Crippen LogP contribution in [0, 0.1) is 5.82 Å². The van der Waals surface area contributed by atoms with Gasteiger partial charge >= 0.3 is 12.0 Å². The first-order valence-electron chi connectivity index (χ1n) is 9.50. The van der Waals surface area contributed by atoms with Gasteiger partial charge in [-0.25, -0.2) is 9.18 Å². The van der Waals surface area contributed by atoms with Crippen molar-refractivity contribution in [3.05, 3.63) is 89.4 Å². The molecule has 0 bridgehead atoms. The number of rotatable bonds is 8. The fraction of sp³-hybridized carbons (Fsp3) is 0.217. The number of hydrogen-bond acceptors (Lipinski definition) is 6. The molecule has 0 radical (unpaired) electrons. The van der Waals surface area contributed by atoms with Crippen molar-refractivity contribution in [2.45, 2.75) is 12.5 Å². The van der Waals surface area contributed by atoms with Gasteiger partial charge in [0.1, 0.15) is 12.4 Å². The average Bonchev–Trinajstić information content (AvgIpc) is 2.81. The molecule has 8 heteroatoms. The molecule has 1 N–H and O–H groups in total. The van der Waals surface area contributed by atoms with Crippen LogP contribution in [-0.4, -0.2) is 44.0 Å². The van der Waals surface area contributed by atoms with E-state index in [2.05, 4.69) is 5.32 Å². The highest BCUT2D eigenvalue weighted by atomic mass is 19.1. The second kappa shape index (κ2) is 10.0. The van der Waals surface area contributed by atoms with E-state index in [1.54, 1.807) is 24.3 Å². The van der Waals surface area contributed by atoms with Crippen LogP contribution in [0.1, 0.15) is 11.1 Å². The Morgan fingerprint density at radius 3 is 2.39 bits per heavy atom. The molecule has 0 aliphatic carbocycles. The number of alkyl carbamates (subject to hydrolysis) is 1. The average molecular weight is 426 g/mol. The first-order chi connectivity index (χ1) is 15.0. The van der Waals surface area contributed by atoms with E-state index >= 15 is 0 Å². The summed E-state index contributed by atoms with van der Waals surface area (Å²) in [4.78, 5) is 25.7. The van der Waals surface area contributed by atoms with Crippen molar-refractivity contribution in [1.29, 1.82) is 0 Å². The summed E-state index contributed by atoms with van der Waals surface area (Å²) in [5.41, 5.74) is 2.51. The van der Waals surface area contributed by atoms with Crippen molar-refractivity contribution in [2.75, 3.05) is 20.8 Å². The van der Waals surface area contributed by atoms with Crippen molar-refractivity contribution < 1.29 is 28.2 Å². The minimum Gasteiger partial charge on any atom is -0.444 e. The quantitative estimate of drug-likeness (QED) is 0.515. The summed E-state index contributed by atoms with van der Waals surface area (Å²) in [6.07, 6.45) is 3.24. The summed E-state index contributed by atoms with van der Waals surface area (Å²) in [7, 11) is 2.67. The number of benzene rings is 2. The third-order valence-corrected chi connectivity index (χ3v) is 4.79. The molecule has 2 aromatic carbocycles. The fourth-order valence-corrected chi connectivity index (χ4v) is 3.16. The second-order valence-electron chi connectivity index (χ2n) is 6.68. The third-order valence-electron chi connectivity index (χ3n) is 4.79. The second-order valence-corrected chi connectivity index (χ2v) is 6.68. The molecule has 1 aliphatic rings. The molecule has 1 amide bonds. The largest absolute Gasteiger partial charge is 0.444 e. The Morgan fingerprint density at radius 2 is 1.77 bits per heavy atom. The van der Waals surface area contributed by atoms with E-state index in [-0.39, 0.29) is 19.0 Å². The molecule has 0 aromatic heterocycles. The van der Waals surface area contributed by atoms with Crippen molar-refractivity contribution in [1.82, 2.24) is 10.2 Å². The molecule has 0 unspecified atom stereocenters. The van der Waals surface area contributed by atoms with Gasteiger partial charge in [-0.1, -0.05) is 30.3 Å². The van der Waals surface area contributed by atoms with E-state index in [4.69, 9.17) is 14.2 Å². The summed E-state index contributed by atoms with van der Waals surface area (Å²) in [5.74, 6) is -2.12. The predicted octanol–water partition coefficient (Wildman–Crippen LogP) is 3.44. The Balaban J connectivity index is 1.81. The number of halogens is 1. The van der Waals surface area contributed by atoms with E-state index in [1.807, 2.05) is 30.3 Å². The summed E-state index contributed by atoms with van der Waals surface area (Å²) in [6, 6.07) is 15.1. The van der Waals surface area contributed by atoms with Gasteiger partial charge in [0.15, 0.2) is 0 Å². The molecular weight excluding hydrogens is 403 g/mol. The number of nitrogens with zero attached hydrogens (tertiary/aromatic N) is 1. The smallest absolute Gasteiger partial charge is 0.411 e. The summed E-state index contributed by atoms with van der Waals surface area (Å²) in [5, 5.41) is 2.67. The van der Waals surface area contributed by atoms with Crippen LogP contribution in [0.3, 0.4) is 0 Å². The zero-order valence-electron chi connectivity index (χ0n) is 17.2. The van der Waals surface area contributed by atoms with Gasteiger partial charge in [0.25, 0.3) is 0 Å². The Kier molecular flexibility index (Phi) is 7.17. The molecule has 0 saturated carbocycles. The van der Waals surface area contributed by atoms with Gasteiger partial charge < -0.3 is 19.1 Å². The Labute approximate surface area is 179 Å². The van der Waals surface area contributed by atoms with Gasteiger partial charge in [0.05, 0.1) is 6.54 Å². The monoisotopic (exact) mass is 426 g/mol. The summed E-state index contributed by atoms with van der Waals surface area (Å²) < 4.78 is 29.3. The number of aldehydes is 1. The lowest BCUT2D eigenvalue weighted by Gasteiger charge is -2.41. The standard InChI is InChI=1S/C23H23FN2O5/c1-29-23(16-27,30-2)26-14-20(12-13-21(26)18-8-10-19(24)11-9-18)25-22(28)31-15-17-6-4-3-5-7-17/h3-13,16H,14-15H2,1-2H3,(H,25,28). The zero-order chi connectivity index (χ0) is 22.3. The van der Waals surface area contributed by atoms with Crippen LogP contribution in [0.25, 0.3) is 5.70 Å². The summed E-state index contributed by atoms with van der Waals surface area (Å²) in [6.45, 7) is 0.193. The highest BCUT2D eigenvalue weighted by Gasteiger charge is 2.40. The van der Waals surface area contributed by atoms with E-state index in [0.717, 1.165) is 5.56 Å². The maximum atomic E-state index is 13.4. The molecule has 0 spiro atoms. The number of carbonyl (C=O) groups is 2. The number of allylic oxidation sites excluding steroid dienone is 2. The third kappa shape index (κ3) is 5.17. The van der Waals surface area contributed by atoms with Crippen LogP contribution in [0.2, 0.25) is 0 Å². The Bertz CT molecular complexity index is 969. The molecule has 0 fully saturated rings. The first kappa shape index (κ1) is 22.2. The van der Waals surface area contributed by atoms with Crippen LogP contribution in [0.4, 0.5) is 9.18 Å². The van der Waals surface area contributed by atoms with E-state index in [1.165, 1.54) is 31.3 Å². The van der Waals surface area contributed by atoms with E-state index in [9.17, 15) is 14.0 Å². The molecule has 3 rings (SSSR count). The van der Waals surface area contributed by atoms with Gasteiger partial charge in [-0.15, -0.1) is 0 Å². The Morgan fingerprint density at radius 1 is 1.10 bits per heavy atom. The van der Waals surface area contributed by atoms with E-state index in [0.29, 0.717) is 23.2 Å². The topological polar surface area (TPSA) is 77.1 Å². The molecule has 162 valence electrons. The number of carbonyl (C=O) groups excluding carboxylic acids is 2. The molecule has 0 atom stereocenters. The number of amides is 1. The van der Waals surface area contributed by atoms with Crippen LogP contribution >= 0.6 is 0 Å². The van der Waals surface area contributed by atoms with Gasteiger partial charge in [0, 0.05) is 25.6 Å². The zero-order valence-corrected chi connectivity index (χ0v) is 17.2. The number of ether oxygens (including phenoxy) is 3. The number of hydrogen-bond donors (Lipinski definition) is 1. The van der Waals surface area contributed by atoms with Crippen LogP contribution < -0.4 is 5.32 Å². The minimum atomic E-state index is -1.74. The number of methoxy groups -OCH3 is 2. The lowest BCUT2D eigenvalue weighted by atomic mass is 10.1. The summed E-state index contributed by atoms with van der Waals surface area (Å²) >= 11 is 0. The molecule has 31 heavy (non-hydrogen) atoms. The van der Waals surface area contributed by atoms with Crippen LogP contribution in [0.5, 0.6) is 0 Å². The lowest BCUT2D eigenvalue weighted by Crippen LogP contribution is -2.54. The fourth-order valence-electron chi connectivity index (χ4n) is 3.16. The molecule has 1 heterocycles.